The van der Waals surface area contributed by atoms with Gasteiger partial charge in [-0.05, 0) is 29.3 Å². The van der Waals surface area contributed by atoms with Crippen LogP contribution in [-0.4, -0.2) is 38.7 Å². The fourth-order valence-electron chi connectivity index (χ4n) is 3.54. The van der Waals surface area contributed by atoms with Gasteiger partial charge >= 0.3 is 0 Å². The lowest BCUT2D eigenvalue weighted by Gasteiger charge is -2.19. The van der Waals surface area contributed by atoms with Gasteiger partial charge in [-0.25, -0.2) is 0 Å². The zero-order valence-corrected chi connectivity index (χ0v) is 15.7. The zero-order valence-electron chi connectivity index (χ0n) is 15.7. The van der Waals surface area contributed by atoms with E-state index in [1.807, 2.05) is 12.1 Å². The average Bonchev–Trinajstić information content (AvgIpc) is 3.38. The van der Waals surface area contributed by atoms with E-state index in [1.54, 1.807) is 7.05 Å². The van der Waals surface area contributed by atoms with Crippen molar-refractivity contribution in [2.45, 2.75) is 19.1 Å². The molecule has 0 spiro atoms. The Morgan fingerprint density at radius 1 is 1.11 bits per heavy atom. The number of nitrogens with zero attached hydrogens (tertiary/aromatic N) is 2. The molecule has 2 aromatic carbocycles. The van der Waals surface area contributed by atoms with Crippen LogP contribution in [0.1, 0.15) is 11.1 Å². The van der Waals surface area contributed by atoms with Gasteiger partial charge in [0.25, 0.3) is 0 Å². The topological polar surface area (TPSA) is 48.9 Å². The molecular weight excluding hydrogens is 336 g/mol. The quantitative estimate of drug-likeness (QED) is 0.488. The Balaban J connectivity index is 1.27. The molecule has 4 rings (SSSR count). The summed E-state index contributed by atoms with van der Waals surface area (Å²) in [4.78, 5) is 6.68. The van der Waals surface area contributed by atoms with E-state index in [2.05, 4.69) is 69.1 Å². The van der Waals surface area contributed by atoms with Crippen molar-refractivity contribution in [1.29, 1.82) is 0 Å². The number of nitrogens with one attached hydrogen (secondary N) is 2. The Bertz CT molecular complexity index is 813. The van der Waals surface area contributed by atoms with Gasteiger partial charge in [0.2, 0.25) is 0 Å². The third-order valence-corrected chi connectivity index (χ3v) is 4.99. The summed E-state index contributed by atoms with van der Waals surface area (Å²) >= 11 is 0. The van der Waals surface area contributed by atoms with Crippen LogP contribution >= 0.6 is 0 Å². The fourth-order valence-corrected chi connectivity index (χ4v) is 3.54. The second-order valence-electron chi connectivity index (χ2n) is 6.90. The minimum Gasteiger partial charge on any atom is -0.488 e. The largest absolute Gasteiger partial charge is 0.488 e. The first-order chi connectivity index (χ1) is 13.3. The van der Waals surface area contributed by atoms with Crippen LogP contribution < -0.4 is 20.3 Å². The predicted molar refractivity (Wildman–Crippen MR) is 111 cm³/mol. The number of aliphatic imine (C=N–C) groups is 1. The Morgan fingerprint density at radius 3 is 2.78 bits per heavy atom. The molecule has 5 heteroatoms. The summed E-state index contributed by atoms with van der Waals surface area (Å²) < 4.78 is 5.98. The normalized spacial score (nSPS) is 18.3. The first-order valence-corrected chi connectivity index (χ1v) is 9.50. The van der Waals surface area contributed by atoms with E-state index in [-0.39, 0.29) is 6.10 Å². The van der Waals surface area contributed by atoms with Gasteiger partial charge in [0.05, 0.1) is 6.54 Å². The maximum atomic E-state index is 5.98. The smallest absolute Gasteiger partial charge is 0.191 e. The van der Waals surface area contributed by atoms with Crippen LogP contribution in [0.15, 0.2) is 65.7 Å². The minimum atomic E-state index is 0.145. The van der Waals surface area contributed by atoms with Crippen molar-refractivity contribution >= 4 is 11.6 Å². The zero-order chi connectivity index (χ0) is 18.5. The molecule has 140 valence electrons. The molecule has 0 saturated heterocycles. The second-order valence-corrected chi connectivity index (χ2v) is 6.90. The van der Waals surface area contributed by atoms with Crippen molar-refractivity contribution in [2.75, 3.05) is 31.6 Å². The molecule has 27 heavy (non-hydrogen) atoms. The fraction of sp³-hybridized carbons (Fsp3) is 0.318. The van der Waals surface area contributed by atoms with Crippen molar-refractivity contribution in [1.82, 2.24) is 10.6 Å². The third-order valence-electron chi connectivity index (χ3n) is 4.99. The Labute approximate surface area is 160 Å². The highest BCUT2D eigenvalue weighted by Gasteiger charge is 2.22. The number of hydrogen-bond donors (Lipinski definition) is 2. The standard InChI is InChI=1S/C22H26N4O/c1-23-22(25-16-20-14-18-8-2-3-10-21(18)27-20)24-15-17-7-6-9-19(13-17)26-11-4-5-12-26/h2-10,13,20H,11-12,14-16H2,1H3,(H2,23,24,25). The molecule has 0 aliphatic carbocycles. The molecule has 0 fully saturated rings. The molecule has 2 aromatic rings. The average molecular weight is 362 g/mol. The maximum absolute atomic E-state index is 5.98. The molecule has 2 N–H and O–H groups in total. The number of anilines is 1. The van der Waals surface area contributed by atoms with E-state index in [1.165, 1.54) is 16.8 Å². The van der Waals surface area contributed by atoms with E-state index in [0.717, 1.165) is 44.3 Å². The number of rotatable bonds is 5. The Kier molecular flexibility index (Phi) is 5.28. The first kappa shape index (κ1) is 17.5. The molecule has 0 saturated carbocycles. The Morgan fingerprint density at radius 2 is 1.96 bits per heavy atom. The summed E-state index contributed by atoms with van der Waals surface area (Å²) in [5.74, 6) is 1.79. The van der Waals surface area contributed by atoms with E-state index < -0.39 is 0 Å². The molecule has 2 aliphatic rings. The number of guanidine groups is 1. The number of para-hydroxylation sites is 1. The van der Waals surface area contributed by atoms with E-state index in [0.29, 0.717) is 0 Å². The summed E-state index contributed by atoms with van der Waals surface area (Å²) in [6, 6.07) is 16.9. The lowest BCUT2D eigenvalue weighted by Crippen LogP contribution is -2.41. The monoisotopic (exact) mass is 362 g/mol. The highest BCUT2D eigenvalue weighted by Crippen LogP contribution is 2.27. The van der Waals surface area contributed by atoms with Crippen LogP contribution in [0.4, 0.5) is 5.69 Å². The lowest BCUT2D eigenvalue weighted by molar-refractivity contribution is 0.235. The molecular formula is C22H26N4O. The molecule has 1 unspecified atom stereocenters. The molecule has 0 bridgehead atoms. The SMILES string of the molecule is CN=C(NCc1cccc(N2CC=CC2)c1)NCC1Cc2ccccc2O1. The molecule has 2 heterocycles. The maximum Gasteiger partial charge on any atom is 0.191 e. The van der Waals surface area contributed by atoms with Gasteiger partial charge in [-0.15, -0.1) is 0 Å². The highest BCUT2D eigenvalue weighted by atomic mass is 16.5. The van der Waals surface area contributed by atoms with E-state index in [9.17, 15) is 0 Å². The van der Waals surface area contributed by atoms with Crippen LogP contribution in [0.25, 0.3) is 0 Å². The highest BCUT2D eigenvalue weighted by molar-refractivity contribution is 5.79. The third kappa shape index (κ3) is 4.25. The van der Waals surface area contributed by atoms with Gasteiger partial charge in [-0.2, -0.15) is 0 Å². The number of fused-ring (bicyclic) bond motifs is 1. The first-order valence-electron chi connectivity index (χ1n) is 9.50. The van der Waals surface area contributed by atoms with Crippen molar-refractivity contribution in [3.8, 4) is 5.75 Å². The molecule has 1 atom stereocenters. The molecule has 0 amide bonds. The Hall–Kier alpha value is -2.95. The number of benzene rings is 2. The molecule has 5 nitrogen and oxygen atoms in total. The van der Waals surface area contributed by atoms with E-state index in [4.69, 9.17) is 4.74 Å². The summed E-state index contributed by atoms with van der Waals surface area (Å²) in [5, 5.41) is 6.78. The van der Waals surface area contributed by atoms with Crippen LogP contribution in [0.5, 0.6) is 5.75 Å². The summed E-state index contributed by atoms with van der Waals surface area (Å²) in [6.45, 7) is 3.45. The lowest BCUT2D eigenvalue weighted by atomic mass is 10.1. The second kappa shape index (κ2) is 8.16. The van der Waals surface area contributed by atoms with Gasteiger partial charge in [-0.3, -0.25) is 4.99 Å². The van der Waals surface area contributed by atoms with Crippen molar-refractivity contribution in [3.05, 3.63) is 71.8 Å². The van der Waals surface area contributed by atoms with Gasteiger partial charge < -0.3 is 20.3 Å². The summed E-state index contributed by atoms with van der Waals surface area (Å²) in [5.41, 5.74) is 3.78. The van der Waals surface area contributed by atoms with Crippen molar-refractivity contribution in [2.24, 2.45) is 4.99 Å². The van der Waals surface area contributed by atoms with Gasteiger partial charge in [0, 0.05) is 38.8 Å². The summed E-state index contributed by atoms with van der Waals surface area (Å²) in [7, 11) is 1.80. The van der Waals surface area contributed by atoms with Crippen molar-refractivity contribution < 1.29 is 4.74 Å². The van der Waals surface area contributed by atoms with Gasteiger partial charge in [-0.1, -0.05) is 42.5 Å². The van der Waals surface area contributed by atoms with Crippen LogP contribution in [0.3, 0.4) is 0 Å². The predicted octanol–water partition coefficient (Wildman–Crippen LogP) is 2.73. The van der Waals surface area contributed by atoms with Gasteiger partial charge in [0.15, 0.2) is 5.96 Å². The number of hydrogen-bond acceptors (Lipinski definition) is 3. The van der Waals surface area contributed by atoms with Crippen LogP contribution in [0.2, 0.25) is 0 Å². The molecule has 0 aromatic heterocycles. The minimum absolute atomic E-state index is 0.145. The van der Waals surface area contributed by atoms with Crippen LogP contribution in [-0.2, 0) is 13.0 Å². The van der Waals surface area contributed by atoms with E-state index >= 15 is 0 Å². The van der Waals surface area contributed by atoms with Crippen molar-refractivity contribution in [3.63, 3.8) is 0 Å². The van der Waals surface area contributed by atoms with Crippen LogP contribution in [0, 0.1) is 0 Å². The molecule has 0 radical (unpaired) electrons. The molecule has 2 aliphatic heterocycles. The summed E-state index contributed by atoms with van der Waals surface area (Å²) in [6.07, 6.45) is 5.50. The number of ether oxygens (including phenoxy) is 1. The van der Waals surface area contributed by atoms with Gasteiger partial charge in [0.1, 0.15) is 11.9 Å².